The summed E-state index contributed by atoms with van der Waals surface area (Å²) >= 11 is 0. The van der Waals surface area contributed by atoms with E-state index in [1.807, 2.05) is 24.3 Å². The van der Waals surface area contributed by atoms with Crippen molar-refractivity contribution in [3.63, 3.8) is 0 Å². The van der Waals surface area contributed by atoms with Gasteiger partial charge in [0, 0.05) is 23.9 Å². The predicted octanol–water partition coefficient (Wildman–Crippen LogP) is 4.41. The van der Waals surface area contributed by atoms with Gasteiger partial charge in [0.1, 0.15) is 0 Å². The van der Waals surface area contributed by atoms with Gasteiger partial charge in [-0.15, -0.1) is 0 Å². The Balaban J connectivity index is 2.15. The molecular formula is C19H22N2O2. The second-order valence-corrected chi connectivity index (χ2v) is 5.61. The molecule has 0 spiro atoms. The molecule has 2 rings (SSSR count). The second kappa shape index (κ2) is 7.58. The summed E-state index contributed by atoms with van der Waals surface area (Å²) in [5, 5.41) is 5.66. The first kappa shape index (κ1) is 16.7. The Bertz CT molecular complexity index is 693. The van der Waals surface area contributed by atoms with E-state index >= 15 is 0 Å². The molecule has 2 N–H and O–H groups in total. The van der Waals surface area contributed by atoms with Crippen LogP contribution in [0.1, 0.15) is 49.0 Å². The molecule has 0 heterocycles. The fraction of sp³-hybridized carbons (Fsp3) is 0.263. The Labute approximate surface area is 136 Å². The lowest BCUT2D eigenvalue weighted by molar-refractivity contribution is -0.114. The van der Waals surface area contributed by atoms with E-state index in [9.17, 15) is 9.59 Å². The first-order valence-corrected chi connectivity index (χ1v) is 7.79. The molecule has 120 valence electrons. The van der Waals surface area contributed by atoms with Crippen molar-refractivity contribution in [2.75, 3.05) is 10.6 Å². The highest BCUT2D eigenvalue weighted by Crippen LogP contribution is 2.27. The number of carbonyl (C=O) groups excluding carboxylic acids is 2. The molecule has 1 unspecified atom stereocenters. The molecular weight excluding hydrogens is 288 g/mol. The standard InChI is InChI=1S/C19H22N2O2/c1-4-13(2)17-7-5-6-8-18(17)21-19(23)15-9-11-16(12-10-15)20-14(3)22/h5-13H,4H2,1-3H3,(H,20,22)(H,21,23). The zero-order chi connectivity index (χ0) is 16.8. The number of carbonyl (C=O) groups is 2. The van der Waals surface area contributed by atoms with Crippen molar-refractivity contribution in [2.45, 2.75) is 33.1 Å². The molecule has 0 aromatic heterocycles. The van der Waals surface area contributed by atoms with E-state index < -0.39 is 0 Å². The van der Waals surface area contributed by atoms with Crippen LogP contribution in [0.2, 0.25) is 0 Å². The highest BCUT2D eigenvalue weighted by molar-refractivity contribution is 6.05. The zero-order valence-corrected chi connectivity index (χ0v) is 13.7. The predicted molar refractivity (Wildman–Crippen MR) is 93.8 cm³/mol. The second-order valence-electron chi connectivity index (χ2n) is 5.61. The van der Waals surface area contributed by atoms with Gasteiger partial charge in [-0.2, -0.15) is 0 Å². The molecule has 0 saturated carbocycles. The highest BCUT2D eigenvalue weighted by atomic mass is 16.2. The van der Waals surface area contributed by atoms with Crippen LogP contribution in [-0.2, 0) is 4.79 Å². The molecule has 0 saturated heterocycles. The third kappa shape index (κ3) is 4.42. The van der Waals surface area contributed by atoms with Gasteiger partial charge < -0.3 is 10.6 Å². The molecule has 0 fully saturated rings. The van der Waals surface area contributed by atoms with Crippen LogP contribution in [0, 0.1) is 0 Å². The summed E-state index contributed by atoms with van der Waals surface area (Å²) < 4.78 is 0. The third-order valence-electron chi connectivity index (χ3n) is 3.82. The van der Waals surface area contributed by atoms with Gasteiger partial charge in [-0.25, -0.2) is 0 Å². The molecule has 0 aliphatic rings. The molecule has 1 atom stereocenters. The van der Waals surface area contributed by atoms with Crippen LogP contribution in [0.15, 0.2) is 48.5 Å². The summed E-state index contributed by atoms with van der Waals surface area (Å²) in [5.74, 6) is 0.0912. The number of nitrogens with one attached hydrogen (secondary N) is 2. The quantitative estimate of drug-likeness (QED) is 0.859. The summed E-state index contributed by atoms with van der Waals surface area (Å²) in [6, 6.07) is 14.7. The molecule has 0 aliphatic carbocycles. The largest absolute Gasteiger partial charge is 0.326 e. The molecule has 4 nitrogen and oxygen atoms in total. The van der Waals surface area contributed by atoms with Gasteiger partial charge in [-0.05, 0) is 48.2 Å². The van der Waals surface area contributed by atoms with E-state index in [0.717, 1.165) is 17.7 Å². The molecule has 2 aromatic rings. The van der Waals surface area contributed by atoms with Crippen LogP contribution in [0.4, 0.5) is 11.4 Å². The maximum Gasteiger partial charge on any atom is 0.255 e. The summed E-state index contributed by atoms with van der Waals surface area (Å²) in [4.78, 5) is 23.4. The van der Waals surface area contributed by atoms with Gasteiger partial charge in [-0.3, -0.25) is 9.59 Å². The number of amides is 2. The molecule has 2 aromatic carbocycles. The van der Waals surface area contributed by atoms with Crippen molar-refractivity contribution >= 4 is 23.2 Å². The number of anilines is 2. The fourth-order valence-corrected chi connectivity index (χ4v) is 2.36. The number of hydrogen-bond donors (Lipinski definition) is 2. The third-order valence-corrected chi connectivity index (χ3v) is 3.82. The van der Waals surface area contributed by atoms with Crippen molar-refractivity contribution in [3.05, 3.63) is 59.7 Å². The number of benzene rings is 2. The Kier molecular flexibility index (Phi) is 5.52. The van der Waals surface area contributed by atoms with Crippen LogP contribution in [0.5, 0.6) is 0 Å². The molecule has 0 bridgehead atoms. The molecule has 23 heavy (non-hydrogen) atoms. The normalized spacial score (nSPS) is 11.6. The topological polar surface area (TPSA) is 58.2 Å². The van der Waals surface area contributed by atoms with Gasteiger partial charge in [-0.1, -0.05) is 32.0 Å². The van der Waals surface area contributed by atoms with E-state index in [2.05, 4.69) is 24.5 Å². The Hall–Kier alpha value is -2.62. The van der Waals surface area contributed by atoms with E-state index in [1.54, 1.807) is 24.3 Å². The minimum absolute atomic E-state index is 0.135. The average Bonchev–Trinajstić information content (AvgIpc) is 2.54. The van der Waals surface area contributed by atoms with Crippen LogP contribution >= 0.6 is 0 Å². The van der Waals surface area contributed by atoms with Gasteiger partial charge in [0.25, 0.3) is 5.91 Å². The van der Waals surface area contributed by atoms with Crippen LogP contribution < -0.4 is 10.6 Å². The summed E-state index contributed by atoms with van der Waals surface area (Å²) in [6.45, 7) is 5.73. The molecule has 2 amide bonds. The lowest BCUT2D eigenvalue weighted by Gasteiger charge is -2.15. The first-order valence-electron chi connectivity index (χ1n) is 7.79. The molecule has 4 heteroatoms. The van der Waals surface area contributed by atoms with Gasteiger partial charge in [0.2, 0.25) is 5.91 Å². The van der Waals surface area contributed by atoms with Crippen molar-refractivity contribution in [1.82, 2.24) is 0 Å². The monoisotopic (exact) mass is 310 g/mol. The number of rotatable bonds is 5. The number of hydrogen-bond acceptors (Lipinski definition) is 2. The minimum atomic E-state index is -0.157. The Morgan fingerprint density at radius 1 is 1.00 bits per heavy atom. The van der Waals surface area contributed by atoms with Crippen LogP contribution in [0.25, 0.3) is 0 Å². The Morgan fingerprint density at radius 3 is 2.26 bits per heavy atom. The Morgan fingerprint density at radius 2 is 1.65 bits per heavy atom. The molecule has 0 radical (unpaired) electrons. The summed E-state index contributed by atoms with van der Waals surface area (Å²) in [7, 11) is 0. The zero-order valence-electron chi connectivity index (χ0n) is 13.7. The van der Waals surface area contributed by atoms with Crippen molar-refractivity contribution < 1.29 is 9.59 Å². The van der Waals surface area contributed by atoms with Crippen LogP contribution in [0.3, 0.4) is 0 Å². The lowest BCUT2D eigenvalue weighted by atomic mass is 9.97. The van der Waals surface area contributed by atoms with Gasteiger partial charge in [0.15, 0.2) is 0 Å². The SMILES string of the molecule is CCC(C)c1ccccc1NC(=O)c1ccc(NC(C)=O)cc1. The summed E-state index contributed by atoms with van der Waals surface area (Å²) in [6.07, 6.45) is 1.01. The minimum Gasteiger partial charge on any atom is -0.326 e. The summed E-state index contributed by atoms with van der Waals surface area (Å²) in [5.41, 5.74) is 3.21. The maximum absolute atomic E-state index is 12.4. The van der Waals surface area contributed by atoms with E-state index in [0.29, 0.717) is 17.2 Å². The van der Waals surface area contributed by atoms with E-state index in [-0.39, 0.29) is 11.8 Å². The van der Waals surface area contributed by atoms with Crippen molar-refractivity contribution in [3.8, 4) is 0 Å². The van der Waals surface area contributed by atoms with Crippen molar-refractivity contribution in [2.24, 2.45) is 0 Å². The van der Waals surface area contributed by atoms with Gasteiger partial charge in [0.05, 0.1) is 0 Å². The van der Waals surface area contributed by atoms with Gasteiger partial charge >= 0.3 is 0 Å². The molecule has 0 aliphatic heterocycles. The maximum atomic E-state index is 12.4. The van der Waals surface area contributed by atoms with E-state index in [1.165, 1.54) is 6.92 Å². The van der Waals surface area contributed by atoms with E-state index in [4.69, 9.17) is 0 Å². The first-order chi connectivity index (χ1) is 11.0. The lowest BCUT2D eigenvalue weighted by Crippen LogP contribution is -2.14. The average molecular weight is 310 g/mol. The highest BCUT2D eigenvalue weighted by Gasteiger charge is 2.12. The van der Waals surface area contributed by atoms with Crippen LogP contribution in [-0.4, -0.2) is 11.8 Å². The van der Waals surface area contributed by atoms with Crippen molar-refractivity contribution in [1.29, 1.82) is 0 Å². The fourth-order valence-electron chi connectivity index (χ4n) is 2.36. The number of para-hydroxylation sites is 1. The smallest absolute Gasteiger partial charge is 0.255 e.